The largest absolute Gasteiger partial charge is 0.378 e. The SMILES string of the molecule is C#CC(C)(O)[C@@H]1[C@@H](C=C(C)C)[C@@H]2C=C[C@H]1C2. The summed E-state index contributed by atoms with van der Waals surface area (Å²) >= 11 is 0. The summed E-state index contributed by atoms with van der Waals surface area (Å²) in [4.78, 5) is 0. The van der Waals surface area contributed by atoms with Crippen molar-refractivity contribution < 1.29 is 5.11 Å². The predicted octanol–water partition coefficient (Wildman–Crippen LogP) is 2.78. The van der Waals surface area contributed by atoms with Gasteiger partial charge >= 0.3 is 0 Å². The number of terminal acetylenes is 1. The average molecular weight is 216 g/mol. The molecule has 0 aromatic carbocycles. The van der Waals surface area contributed by atoms with Gasteiger partial charge in [-0.3, -0.25) is 0 Å². The van der Waals surface area contributed by atoms with Gasteiger partial charge in [0.15, 0.2) is 0 Å². The van der Waals surface area contributed by atoms with Gasteiger partial charge in [0.2, 0.25) is 0 Å². The second-order valence-corrected chi connectivity index (χ2v) is 5.59. The standard InChI is InChI=1S/C15H20O/c1-5-15(4,16)14-12-7-6-11(9-12)13(14)8-10(2)3/h1,6-8,11-14,16H,9H2,2-4H3/t11-,12+,13+,14+,15?/m1/s1. The lowest BCUT2D eigenvalue weighted by atomic mass is 9.73. The molecule has 86 valence electrons. The van der Waals surface area contributed by atoms with Gasteiger partial charge in [0, 0.05) is 5.92 Å². The second kappa shape index (κ2) is 3.79. The van der Waals surface area contributed by atoms with E-state index in [-0.39, 0.29) is 5.92 Å². The molecule has 2 rings (SSSR count). The molecule has 0 spiro atoms. The van der Waals surface area contributed by atoms with E-state index in [1.807, 2.05) is 0 Å². The van der Waals surface area contributed by atoms with Crippen molar-refractivity contribution in [3.63, 3.8) is 0 Å². The smallest absolute Gasteiger partial charge is 0.126 e. The zero-order chi connectivity index (χ0) is 11.9. The van der Waals surface area contributed by atoms with Crippen LogP contribution in [-0.4, -0.2) is 10.7 Å². The van der Waals surface area contributed by atoms with Crippen molar-refractivity contribution in [2.24, 2.45) is 23.7 Å². The number of allylic oxidation sites excluding steroid dienone is 4. The van der Waals surface area contributed by atoms with Crippen molar-refractivity contribution in [3.8, 4) is 12.3 Å². The quantitative estimate of drug-likeness (QED) is 0.556. The molecule has 2 aliphatic rings. The molecular formula is C15H20O. The van der Waals surface area contributed by atoms with Gasteiger partial charge in [-0.25, -0.2) is 0 Å². The first-order valence-corrected chi connectivity index (χ1v) is 5.99. The van der Waals surface area contributed by atoms with E-state index in [0.717, 1.165) is 6.42 Å². The van der Waals surface area contributed by atoms with Crippen molar-refractivity contribution in [3.05, 3.63) is 23.8 Å². The fourth-order valence-corrected chi connectivity index (χ4v) is 3.36. The van der Waals surface area contributed by atoms with Crippen molar-refractivity contribution in [1.82, 2.24) is 0 Å². The van der Waals surface area contributed by atoms with Gasteiger partial charge in [0.1, 0.15) is 5.60 Å². The van der Waals surface area contributed by atoms with Crippen LogP contribution in [0.1, 0.15) is 27.2 Å². The normalized spacial score (nSPS) is 39.2. The van der Waals surface area contributed by atoms with E-state index in [4.69, 9.17) is 6.42 Å². The molecule has 0 amide bonds. The average Bonchev–Trinajstić information content (AvgIpc) is 2.76. The first kappa shape index (κ1) is 11.5. The molecule has 1 fully saturated rings. The Hall–Kier alpha value is -1.00. The lowest BCUT2D eigenvalue weighted by Gasteiger charge is -2.34. The van der Waals surface area contributed by atoms with E-state index in [1.54, 1.807) is 6.92 Å². The van der Waals surface area contributed by atoms with Crippen molar-refractivity contribution >= 4 is 0 Å². The summed E-state index contributed by atoms with van der Waals surface area (Å²) in [5.41, 5.74) is 0.324. The number of rotatable bonds is 2. The van der Waals surface area contributed by atoms with Crippen LogP contribution in [0, 0.1) is 36.0 Å². The molecule has 0 aromatic rings. The summed E-state index contributed by atoms with van der Waals surface area (Å²) < 4.78 is 0. The van der Waals surface area contributed by atoms with Crippen LogP contribution in [0.15, 0.2) is 23.8 Å². The minimum absolute atomic E-state index is 0.183. The molecule has 1 heteroatoms. The van der Waals surface area contributed by atoms with Gasteiger partial charge in [-0.2, -0.15) is 0 Å². The van der Waals surface area contributed by atoms with E-state index < -0.39 is 5.60 Å². The Labute approximate surface area is 98.3 Å². The summed E-state index contributed by atoms with van der Waals surface area (Å²) in [5, 5.41) is 10.3. The Bertz CT molecular complexity index is 377. The Morgan fingerprint density at radius 2 is 2.06 bits per heavy atom. The maximum atomic E-state index is 10.3. The second-order valence-electron chi connectivity index (χ2n) is 5.59. The van der Waals surface area contributed by atoms with E-state index >= 15 is 0 Å². The van der Waals surface area contributed by atoms with Crippen LogP contribution in [0.5, 0.6) is 0 Å². The highest BCUT2D eigenvalue weighted by Crippen LogP contribution is 2.52. The Morgan fingerprint density at radius 1 is 1.44 bits per heavy atom. The minimum Gasteiger partial charge on any atom is -0.378 e. The molecular weight excluding hydrogens is 196 g/mol. The van der Waals surface area contributed by atoms with Crippen LogP contribution >= 0.6 is 0 Å². The van der Waals surface area contributed by atoms with Crippen molar-refractivity contribution in [2.45, 2.75) is 32.8 Å². The zero-order valence-electron chi connectivity index (χ0n) is 10.3. The lowest BCUT2D eigenvalue weighted by Crippen LogP contribution is -2.39. The molecule has 1 nitrogen and oxygen atoms in total. The predicted molar refractivity (Wildman–Crippen MR) is 66.6 cm³/mol. The van der Waals surface area contributed by atoms with Crippen molar-refractivity contribution in [1.29, 1.82) is 0 Å². The molecule has 0 saturated heterocycles. The molecule has 16 heavy (non-hydrogen) atoms. The van der Waals surface area contributed by atoms with Gasteiger partial charge in [-0.15, -0.1) is 6.42 Å². The van der Waals surface area contributed by atoms with Gasteiger partial charge in [0.25, 0.3) is 0 Å². The summed E-state index contributed by atoms with van der Waals surface area (Å²) in [6, 6.07) is 0. The van der Waals surface area contributed by atoms with Gasteiger partial charge in [-0.05, 0) is 44.9 Å². The third-order valence-electron chi connectivity index (χ3n) is 3.99. The number of hydrogen-bond donors (Lipinski definition) is 1. The Balaban J connectivity index is 2.33. The maximum Gasteiger partial charge on any atom is 0.126 e. The van der Waals surface area contributed by atoms with E-state index in [0.29, 0.717) is 17.8 Å². The van der Waals surface area contributed by atoms with Gasteiger partial charge in [-0.1, -0.05) is 29.7 Å². The maximum absolute atomic E-state index is 10.3. The topological polar surface area (TPSA) is 20.2 Å². The number of aliphatic hydroxyl groups is 1. The Kier molecular flexibility index (Phi) is 2.72. The molecule has 1 N–H and O–H groups in total. The summed E-state index contributed by atoms with van der Waals surface area (Å²) in [6.45, 7) is 5.99. The lowest BCUT2D eigenvalue weighted by molar-refractivity contribution is 0.0278. The third-order valence-corrected chi connectivity index (χ3v) is 3.99. The van der Waals surface area contributed by atoms with E-state index in [1.165, 1.54) is 5.57 Å². The first-order chi connectivity index (χ1) is 7.45. The molecule has 0 aliphatic heterocycles. The van der Waals surface area contributed by atoms with Crippen LogP contribution in [0.4, 0.5) is 0 Å². The van der Waals surface area contributed by atoms with Crippen LogP contribution in [0.25, 0.3) is 0 Å². The highest BCUT2D eigenvalue weighted by molar-refractivity contribution is 5.25. The molecule has 1 unspecified atom stereocenters. The number of fused-ring (bicyclic) bond motifs is 2. The van der Waals surface area contributed by atoms with Crippen LogP contribution in [0.3, 0.4) is 0 Å². The Morgan fingerprint density at radius 3 is 2.62 bits per heavy atom. The van der Waals surface area contributed by atoms with Crippen LogP contribution in [0.2, 0.25) is 0 Å². The van der Waals surface area contributed by atoms with Crippen molar-refractivity contribution in [2.75, 3.05) is 0 Å². The third kappa shape index (κ3) is 1.72. The van der Waals surface area contributed by atoms with E-state index in [2.05, 4.69) is 38.0 Å². The minimum atomic E-state index is -0.985. The van der Waals surface area contributed by atoms with E-state index in [9.17, 15) is 5.11 Å². The first-order valence-electron chi connectivity index (χ1n) is 5.99. The summed E-state index contributed by atoms with van der Waals surface area (Å²) in [7, 11) is 0. The van der Waals surface area contributed by atoms with Crippen LogP contribution < -0.4 is 0 Å². The fourth-order valence-electron chi connectivity index (χ4n) is 3.36. The zero-order valence-corrected chi connectivity index (χ0v) is 10.3. The molecule has 1 saturated carbocycles. The molecule has 2 bridgehead atoms. The van der Waals surface area contributed by atoms with Gasteiger partial charge < -0.3 is 5.11 Å². The van der Waals surface area contributed by atoms with Gasteiger partial charge in [0.05, 0.1) is 0 Å². The monoisotopic (exact) mass is 216 g/mol. The van der Waals surface area contributed by atoms with Crippen LogP contribution in [-0.2, 0) is 0 Å². The molecule has 0 aromatic heterocycles. The molecule has 5 atom stereocenters. The highest BCUT2D eigenvalue weighted by atomic mass is 16.3. The summed E-state index contributed by atoms with van der Waals surface area (Å²) in [5.74, 6) is 4.18. The fraction of sp³-hybridized carbons (Fsp3) is 0.600. The number of hydrogen-bond acceptors (Lipinski definition) is 1. The highest BCUT2D eigenvalue weighted by Gasteiger charge is 2.50. The molecule has 2 aliphatic carbocycles. The molecule has 0 heterocycles. The summed E-state index contributed by atoms with van der Waals surface area (Å²) in [6.07, 6.45) is 13.4. The molecule has 0 radical (unpaired) electrons.